The minimum atomic E-state index is -0.102. The molecule has 0 bridgehead atoms. The Morgan fingerprint density at radius 1 is 1.33 bits per heavy atom. The van der Waals surface area contributed by atoms with Gasteiger partial charge >= 0.3 is 0 Å². The zero-order chi connectivity index (χ0) is 10.8. The molecule has 0 aliphatic carbocycles. The van der Waals surface area contributed by atoms with Gasteiger partial charge < -0.3 is 5.73 Å². The minimum Gasteiger partial charge on any atom is -0.319 e. The van der Waals surface area contributed by atoms with E-state index in [4.69, 9.17) is 5.73 Å². The molecule has 0 aliphatic rings. The standard InChI is InChI=1S/C12H14N2S/c1-8-4-3-5-11(14-8)12(13)10-6-9(2)15-7-10/h3-7,12H,13H2,1-2H3. The number of hydrogen-bond donors (Lipinski definition) is 1. The summed E-state index contributed by atoms with van der Waals surface area (Å²) in [7, 11) is 0. The van der Waals surface area contributed by atoms with Gasteiger partial charge in [0.05, 0.1) is 11.7 Å². The third-order valence-corrected chi connectivity index (χ3v) is 3.22. The van der Waals surface area contributed by atoms with Crippen molar-refractivity contribution >= 4 is 11.3 Å². The lowest BCUT2D eigenvalue weighted by Crippen LogP contribution is -2.12. The van der Waals surface area contributed by atoms with Crippen LogP contribution < -0.4 is 5.73 Å². The number of aromatic nitrogens is 1. The number of rotatable bonds is 2. The Morgan fingerprint density at radius 2 is 2.13 bits per heavy atom. The molecule has 0 amide bonds. The van der Waals surface area contributed by atoms with Gasteiger partial charge in [-0.15, -0.1) is 11.3 Å². The quantitative estimate of drug-likeness (QED) is 0.841. The highest BCUT2D eigenvalue weighted by Gasteiger charge is 2.11. The topological polar surface area (TPSA) is 38.9 Å². The third-order valence-electron chi connectivity index (χ3n) is 2.34. The van der Waals surface area contributed by atoms with E-state index in [9.17, 15) is 0 Å². The summed E-state index contributed by atoms with van der Waals surface area (Å²) >= 11 is 1.72. The van der Waals surface area contributed by atoms with Crippen LogP contribution >= 0.6 is 11.3 Å². The average molecular weight is 218 g/mol. The molecule has 0 saturated carbocycles. The fourth-order valence-electron chi connectivity index (χ4n) is 1.53. The fourth-order valence-corrected chi connectivity index (χ4v) is 2.28. The monoisotopic (exact) mass is 218 g/mol. The highest BCUT2D eigenvalue weighted by Crippen LogP contribution is 2.23. The maximum absolute atomic E-state index is 6.14. The fraction of sp³-hybridized carbons (Fsp3) is 0.250. The Labute approximate surface area is 93.8 Å². The summed E-state index contributed by atoms with van der Waals surface area (Å²) in [6.07, 6.45) is 0. The molecule has 15 heavy (non-hydrogen) atoms. The lowest BCUT2D eigenvalue weighted by atomic mass is 10.1. The minimum absolute atomic E-state index is 0.102. The first-order chi connectivity index (χ1) is 7.16. The van der Waals surface area contributed by atoms with Gasteiger partial charge in [0.25, 0.3) is 0 Å². The van der Waals surface area contributed by atoms with E-state index in [1.165, 1.54) is 4.88 Å². The van der Waals surface area contributed by atoms with Crippen LogP contribution in [0, 0.1) is 13.8 Å². The van der Waals surface area contributed by atoms with Crippen LogP contribution in [-0.4, -0.2) is 4.98 Å². The second-order valence-corrected chi connectivity index (χ2v) is 4.79. The summed E-state index contributed by atoms with van der Waals surface area (Å²) in [6, 6.07) is 7.98. The summed E-state index contributed by atoms with van der Waals surface area (Å²) in [6.45, 7) is 4.07. The highest BCUT2D eigenvalue weighted by atomic mass is 32.1. The molecule has 3 heteroatoms. The van der Waals surface area contributed by atoms with E-state index in [1.54, 1.807) is 11.3 Å². The molecule has 2 rings (SSSR count). The van der Waals surface area contributed by atoms with Crippen molar-refractivity contribution in [1.82, 2.24) is 4.98 Å². The van der Waals surface area contributed by atoms with Gasteiger partial charge in [-0.1, -0.05) is 6.07 Å². The van der Waals surface area contributed by atoms with Crippen molar-refractivity contribution in [3.8, 4) is 0 Å². The van der Waals surface area contributed by atoms with E-state index < -0.39 is 0 Å². The Hall–Kier alpha value is -1.19. The highest BCUT2D eigenvalue weighted by molar-refractivity contribution is 7.10. The molecule has 0 aromatic carbocycles. The van der Waals surface area contributed by atoms with E-state index in [1.807, 2.05) is 25.1 Å². The van der Waals surface area contributed by atoms with Crippen molar-refractivity contribution in [3.05, 3.63) is 51.5 Å². The van der Waals surface area contributed by atoms with Gasteiger partial charge in [0.15, 0.2) is 0 Å². The second kappa shape index (κ2) is 4.13. The van der Waals surface area contributed by atoms with Crippen LogP contribution in [0.2, 0.25) is 0 Å². The third kappa shape index (κ3) is 2.25. The molecule has 78 valence electrons. The Bertz CT molecular complexity index is 462. The van der Waals surface area contributed by atoms with Gasteiger partial charge in [-0.2, -0.15) is 0 Å². The predicted octanol–water partition coefficient (Wildman–Crippen LogP) is 2.81. The zero-order valence-corrected chi connectivity index (χ0v) is 9.71. The zero-order valence-electron chi connectivity index (χ0n) is 8.90. The number of nitrogens with two attached hydrogens (primary N) is 1. The Balaban J connectivity index is 2.32. The number of thiophene rings is 1. The first-order valence-corrected chi connectivity index (χ1v) is 5.79. The molecule has 2 nitrogen and oxygen atoms in total. The molecule has 2 aromatic rings. The molecule has 0 radical (unpaired) electrons. The van der Waals surface area contributed by atoms with Crippen molar-refractivity contribution < 1.29 is 0 Å². The summed E-state index contributed by atoms with van der Waals surface area (Å²) in [5, 5.41) is 2.10. The van der Waals surface area contributed by atoms with Crippen LogP contribution in [0.3, 0.4) is 0 Å². The second-order valence-electron chi connectivity index (χ2n) is 3.67. The lowest BCUT2D eigenvalue weighted by molar-refractivity contribution is 0.825. The van der Waals surface area contributed by atoms with Crippen molar-refractivity contribution in [3.63, 3.8) is 0 Å². The molecule has 2 aromatic heterocycles. The van der Waals surface area contributed by atoms with Gasteiger partial charge in [0.1, 0.15) is 0 Å². The predicted molar refractivity (Wildman–Crippen MR) is 64.1 cm³/mol. The summed E-state index contributed by atoms with van der Waals surface area (Å²) in [4.78, 5) is 5.72. The molecule has 1 unspecified atom stereocenters. The molecular weight excluding hydrogens is 204 g/mol. The van der Waals surface area contributed by atoms with Crippen LogP contribution in [-0.2, 0) is 0 Å². The van der Waals surface area contributed by atoms with Crippen LogP contribution in [0.5, 0.6) is 0 Å². The molecule has 2 heterocycles. The van der Waals surface area contributed by atoms with E-state index in [0.29, 0.717) is 0 Å². The van der Waals surface area contributed by atoms with Crippen LogP contribution in [0.15, 0.2) is 29.6 Å². The van der Waals surface area contributed by atoms with E-state index in [0.717, 1.165) is 17.0 Å². The first kappa shape index (κ1) is 10.3. The van der Waals surface area contributed by atoms with Gasteiger partial charge in [-0.05, 0) is 43.0 Å². The Kier molecular flexibility index (Phi) is 2.84. The summed E-state index contributed by atoms with van der Waals surface area (Å²) < 4.78 is 0. The van der Waals surface area contributed by atoms with Gasteiger partial charge in [-0.3, -0.25) is 4.98 Å². The summed E-state index contributed by atoms with van der Waals surface area (Å²) in [5.41, 5.74) is 9.24. The molecule has 0 aliphatic heterocycles. The van der Waals surface area contributed by atoms with Gasteiger partial charge in [0.2, 0.25) is 0 Å². The van der Waals surface area contributed by atoms with E-state index in [-0.39, 0.29) is 6.04 Å². The van der Waals surface area contributed by atoms with Crippen LogP contribution in [0.4, 0.5) is 0 Å². The van der Waals surface area contributed by atoms with Crippen molar-refractivity contribution in [1.29, 1.82) is 0 Å². The number of aryl methyl sites for hydroxylation is 2. The maximum atomic E-state index is 6.14. The average Bonchev–Trinajstić information content (AvgIpc) is 2.64. The maximum Gasteiger partial charge on any atom is 0.0734 e. The molecule has 1 atom stereocenters. The largest absolute Gasteiger partial charge is 0.319 e. The first-order valence-electron chi connectivity index (χ1n) is 4.91. The lowest BCUT2D eigenvalue weighted by Gasteiger charge is -2.09. The summed E-state index contributed by atoms with van der Waals surface area (Å²) in [5.74, 6) is 0. The molecule has 0 fully saturated rings. The number of hydrogen-bond acceptors (Lipinski definition) is 3. The normalized spacial score (nSPS) is 12.7. The number of nitrogens with zero attached hydrogens (tertiary/aromatic N) is 1. The SMILES string of the molecule is Cc1cccc(C(N)c2csc(C)c2)n1. The van der Waals surface area contributed by atoms with E-state index in [2.05, 4.69) is 23.4 Å². The molecule has 0 spiro atoms. The van der Waals surface area contributed by atoms with Crippen LogP contribution in [0.25, 0.3) is 0 Å². The molecular formula is C12H14N2S. The smallest absolute Gasteiger partial charge is 0.0734 e. The van der Waals surface area contributed by atoms with Gasteiger partial charge in [-0.25, -0.2) is 0 Å². The van der Waals surface area contributed by atoms with Crippen molar-refractivity contribution in [2.45, 2.75) is 19.9 Å². The van der Waals surface area contributed by atoms with Crippen LogP contribution in [0.1, 0.15) is 27.9 Å². The van der Waals surface area contributed by atoms with Crippen molar-refractivity contribution in [2.24, 2.45) is 5.73 Å². The van der Waals surface area contributed by atoms with Crippen molar-refractivity contribution in [2.75, 3.05) is 0 Å². The van der Waals surface area contributed by atoms with E-state index >= 15 is 0 Å². The molecule has 0 saturated heterocycles. The molecule has 2 N–H and O–H groups in total. The number of pyridine rings is 1. The Morgan fingerprint density at radius 3 is 2.73 bits per heavy atom. The van der Waals surface area contributed by atoms with Gasteiger partial charge in [0, 0.05) is 10.6 Å².